The van der Waals surface area contributed by atoms with Crippen molar-refractivity contribution in [3.8, 4) is 0 Å². The molecule has 2 nitrogen and oxygen atoms in total. The summed E-state index contributed by atoms with van der Waals surface area (Å²) < 4.78 is 4.54. The minimum absolute atomic E-state index is 0.403. The van der Waals surface area contributed by atoms with E-state index in [1.807, 2.05) is 0 Å². The van der Waals surface area contributed by atoms with Crippen LogP contribution < -0.4 is 0 Å². The van der Waals surface area contributed by atoms with Crippen LogP contribution in [0.2, 0.25) is 6.82 Å². The van der Waals surface area contributed by atoms with Gasteiger partial charge in [-0.2, -0.15) is 0 Å². The molecule has 1 aromatic rings. The van der Waals surface area contributed by atoms with Crippen molar-refractivity contribution in [1.29, 1.82) is 0 Å². The molecule has 0 radical (unpaired) electrons. The van der Waals surface area contributed by atoms with E-state index < -0.39 is 0 Å². The lowest BCUT2D eigenvalue weighted by atomic mass is 9.76. The molecule has 0 saturated heterocycles. The van der Waals surface area contributed by atoms with Crippen molar-refractivity contribution >= 4 is 19.3 Å². The van der Waals surface area contributed by atoms with Gasteiger partial charge in [0.05, 0.1) is 0 Å². The van der Waals surface area contributed by atoms with Crippen LogP contribution in [0.5, 0.6) is 0 Å². The Balaban J connectivity index is 2.26. The summed E-state index contributed by atoms with van der Waals surface area (Å²) in [6.45, 7) is 2.61. The number of hydrogen-bond acceptors (Lipinski definition) is 0. The Morgan fingerprint density at radius 2 is 2.38 bits per heavy atom. The van der Waals surface area contributed by atoms with Crippen LogP contribution in [0, 0.1) is 0 Å². The Labute approximate surface area is 77.6 Å². The van der Waals surface area contributed by atoms with Gasteiger partial charge >= 0.3 is 6.98 Å². The SMILES string of the molecule is CB1n2cccc2C=C2C=CC=[N+]12. The normalized spacial score (nSPS) is 18.1. The number of fused-ring (bicyclic) bond motifs is 2. The van der Waals surface area contributed by atoms with Gasteiger partial charge in [0.25, 0.3) is 0 Å². The van der Waals surface area contributed by atoms with Gasteiger partial charge in [0.15, 0.2) is 5.70 Å². The molecule has 0 spiro atoms. The molecule has 0 fully saturated rings. The summed E-state index contributed by atoms with van der Waals surface area (Å²) in [5, 5.41) is 0. The first-order chi connectivity index (χ1) is 6.36. The summed E-state index contributed by atoms with van der Waals surface area (Å²) in [7, 11) is 0. The molecule has 0 atom stereocenters. The van der Waals surface area contributed by atoms with Crippen LogP contribution in [0.25, 0.3) is 6.08 Å². The fraction of sp³-hybridized carbons (Fsp3) is 0.100. The van der Waals surface area contributed by atoms with Crippen LogP contribution in [-0.4, -0.2) is 22.2 Å². The Kier molecular flexibility index (Phi) is 1.20. The van der Waals surface area contributed by atoms with E-state index >= 15 is 0 Å². The second kappa shape index (κ2) is 2.25. The van der Waals surface area contributed by atoms with E-state index in [9.17, 15) is 0 Å². The third kappa shape index (κ3) is 0.814. The third-order valence-corrected chi connectivity index (χ3v) is 2.72. The van der Waals surface area contributed by atoms with Crippen molar-refractivity contribution < 1.29 is 4.49 Å². The molecule has 0 amide bonds. The van der Waals surface area contributed by atoms with Crippen molar-refractivity contribution in [1.82, 2.24) is 4.48 Å². The number of hydrogen-bond donors (Lipinski definition) is 0. The summed E-state index contributed by atoms with van der Waals surface area (Å²) in [5.74, 6) is 0. The fourth-order valence-corrected chi connectivity index (χ4v) is 2.02. The molecule has 0 unspecified atom stereocenters. The summed E-state index contributed by atoms with van der Waals surface area (Å²) in [6.07, 6.45) is 10.7. The van der Waals surface area contributed by atoms with Gasteiger partial charge in [-0.05, 0) is 18.3 Å². The van der Waals surface area contributed by atoms with Crippen LogP contribution in [0.4, 0.5) is 0 Å². The summed E-state index contributed by atoms with van der Waals surface area (Å²) >= 11 is 0. The van der Waals surface area contributed by atoms with Crippen LogP contribution >= 0.6 is 0 Å². The van der Waals surface area contributed by atoms with Crippen molar-refractivity contribution in [2.45, 2.75) is 6.82 Å². The van der Waals surface area contributed by atoms with E-state index in [-0.39, 0.29) is 0 Å². The average Bonchev–Trinajstić information content (AvgIpc) is 2.71. The standard InChI is InChI=1S/C10H10BN2/c1-11-12-6-2-4-9(12)8-10-5-3-7-13(10)11/h2-8H,1H3/q+1. The summed E-state index contributed by atoms with van der Waals surface area (Å²) in [5.41, 5.74) is 2.58. The first-order valence-corrected chi connectivity index (χ1v) is 4.55. The molecule has 3 heterocycles. The van der Waals surface area contributed by atoms with Crippen molar-refractivity contribution in [2.24, 2.45) is 0 Å². The lowest BCUT2D eigenvalue weighted by Crippen LogP contribution is -2.36. The van der Waals surface area contributed by atoms with E-state index in [0.717, 1.165) is 0 Å². The van der Waals surface area contributed by atoms with Crippen LogP contribution in [0.15, 0.2) is 36.2 Å². The van der Waals surface area contributed by atoms with E-state index in [0.29, 0.717) is 6.98 Å². The predicted molar refractivity (Wildman–Crippen MR) is 54.9 cm³/mol. The second-order valence-electron chi connectivity index (χ2n) is 3.46. The van der Waals surface area contributed by atoms with Crippen molar-refractivity contribution in [3.05, 3.63) is 41.9 Å². The second-order valence-corrected chi connectivity index (χ2v) is 3.46. The minimum atomic E-state index is 0.403. The number of nitrogens with zero attached hydrogens (tertiary/aromatic N) is 2. The number of aromatic nitrogens is 1. The summed E-state index contributed by atoms with van der Waals surface area (Å²) in [6, 6.07) is 4.24. The predicted octanol–water partition coefficient (Wildman–Crippen LogP) is 1.46. The van der Waals surface area contributed by atoms with E-state index in [1.54, 1.807) is 0 Å². The molecule has 0 saturated carbocycles. The maximum Gasteiger partial charge on any atom is 0.617 e. The van der Waals surface area contributed by atoms with E-state index in [4.69, 9.17) is 0 Å². The lowest BCUT2D eigenvalue weighted by molar-refractivity contribution is -0.316. The van der Waals surface area contributed by atoms with Gasteiger partial charge in [-0.1, -0.05) is 0 Å². The Hall–Kier alpha value is -1.51. The molecule has 2 aliphatic rings. The highest BCUT2D eigenvalue weighted by Crippen LogP contribution is 2.20. The van der Waals surface area contributed by atoms with Crippen molar-refractivity contribution in [3.63, 3.8) is 0 Å². The van der Waals surface area contributed by atoms with Crippen LogP contribution in [-0.2, 0) is 0 Å². The quantitative estimate of drug-likeness (QED) is 0.519. The van der Waals surface area contributed by atoms with E-state index in [1.165, 1.54) is 11.4 Å². The zero-order chi connectivity index (χ0) is 8.84. The van der Waals surface area contributed by atoms with Gasteiger partial charge in [-0.25, -0.2) is 0 Å². The molecule has 2 aliphatic heterocycles. The van der Waals surface area contributed by atoms with Gasteiger partial charge in [-0.15, -0.1) is 0 Å². The fourth-order valence-electron chi connectivity index (χ4n) is 2.02. The van der Waals surface area contributed by atoms with Gasteiger partial charge in [0.1, 0.15) is 6.21 Å². The maximum atomic E-state index is 2.27. The Bertz CT molecular complexity index is 451. The van der Waals surface area contributed by atoms with Crippen LogP contribution in [0.1, 0.15) is 5.69 Å². The molecule has 0 bridgehead atoms. The van der Waals surface area contributed by atoms with Gasteiger partial charge in [0, 0.05) is 30.7 Å². The highest BCUT2D eigenvalue weighted by atomic mass is 15.1. The van der Waals surface area contributed by atoms with Crippen LogP contribution in [0.3, 0.4) is 0 Å². The monoisotopic (exact) mass is 169 g/mol. The Morgan fingerprint density at radius 3 is 3.31 bits per heavy atom. The minimum Gasteiger partial charge on any atom is -0.327 e. The highest BCUT2D eigenvalue weighted by Gasteiger charge is 2.35. The number of allylic oxidation sites excluding steroid dienone is 2. The average molecular weight is 169 g/mol. The maximum absolute atomic E-state index is 2.27. The molecule has 3 heteroatoms. The van der Waals surface area contributed by atoms with Gasteiger partial charge in [0.2, 0.25) is 0 Å². The lowest BCUT2D eigenvalue weighted by Gasteiger charge is -2.13. The van der Waals surface area contributed by atoms with Gasteiger partial charge < -0.3 is 4.48 Å². The highest BCUT2D eigenvalue weighted by molar-refractivity contribution is 6.48. The molecular formula is C10H10BN2+. The van der Waals surface area contributed by atoms with E-state index in [2.05, 4.69) is 58.6 Å². The molecule has 0 aromatic carbocycles. The zero-order valence-electron chi connectivity index (χ0n) is 7.51. The molecule has 0 aliphatic carbocycles. The Morgan fingerprint density at radius 1 is 1.46 bits per heavy atom. The zero-order valence-corrected chi connectivity index (χ0v) is 7.51. The molecule has 1 aromatic heterocycles. The molecule has 13 heavy (non-hydrogen) atoms. The first-order valence-electron chi connectivity index (χ1n) is 4.55. The smallest absolute Gasteiger partial charge is 0.327 e. The first kappa shape index (κ1) is 6.95. The molecule has 0 N–H and O–H groups in total. The molecule has 62 valence electrons. The summed E-state index contributed by atoms with van der Waals surface area (Å²) in [4.78, 5) is 0. The molecular weight excluding hydrogens is 159 g/mol. The third-order valence-electron chi connectivity index (χ3n) is 2.72. The number of rotatable bonds is 0. The van der Waals surface area contributed by atoms with Crippen molar-refractivity contribution in [2.75, 3.05) is 0 Å². The largest absolute Gasteiger partial charge is 0.617 e. The molecule has 3 rings (SSSR count). The van der Waals surface area contributed by atoms with Gasteiger partial charge in [-0.3, -0.25) is 4.49 Å². The topological polar surface area (TPSA) is 7.94 Å².